The van der Waals surface area contributed by atoms with Crippen molar-refractivity contribution in [3.8, 4) is 17.1 Å². The molecule has 1 saturated heterocycles. The summed E-state index contributed by atoms with van der Waals surface area (Å²) in [6.07, 6.45) is -0.385. The normalized spacial score (nSPS) is 15.4. The Hall–Kier alpha value is -4.73. The second kappa shape index (κ2) is 10.7. The number of carbonyl (C=O) groups is 1. The SMILES string of the molecule is O=C(c1ccc2c(c1)nc(-c1ccc(OC(F)(F)F)cc1)n2Cc1ccc(F)cc1)N1CCC(c2cccnc2)C1. The van der Waals surface area contributed by atoms with Gasteiger partial charge in [0.15, 0.2) is 0 Å². The van der Waals surface area contributed by atoms with E-state index in [0.717, 1.165) is 23.1 Å². The first kappa shape index (κ1) is 26.5. The van der Waals surface area contributed by atoms with Crippen LogP contribution in [0.2, 0.25) is 0 Å². The zero-order chi connectivity index (χ0) is 28.6. The molecule has 1 fully saturated rings. The van der Waals surface area contributed by atoms with Gasteiger partial charge in [-0.15, -0.1) is 13.2 Å². The molecule has 41 heavy (non-hydrogen) atoms. The molecule has 0 N–H and O–H groups in total. The highest BCUT2D eigenvalue weighted by molar-refractivity contribution is 5.98. The molecule has 208 valence electrons. The highest BCUT2D eigenvalue weighted by atomic mass is 19.4. The lowest BCUT2D eigenvalue weighted by molar-refractivity contribution is -0.274. The summed E-state index contributed by atoms with van der Waals surface area (Å²) in [5.41, 5.74) is 4.26. The number of amides is 1. The number of hydrogen-bond acceptors (Lipinski definition) is 4. The van der Waals surface area contributed by atoms with Crippen molar-refractivity contribution in [2.24, 2.45) is 0 Å². The number of likely N-dealkylation sites (tertiary alicyclic amines) is 1. The average Bonchev–Trinajstić information content (AvgIpc) is 3.59. The smallest absolute Gasteiger partial charge is 0.406 e. The standard InChI is InChI=1S/C31H24F4N4O2/c32-25-8-3-20(4-9-25)18-39-28-12-7-22(30(40)38-15-13-24(19-38)23-2-1-14-36-17-23)16-27(28)37-29(39)21-5-10-26(11-6-21)41-31(33,34)35/h1-12,14,16-17,24H,13,15,18-19H2. The van der Waals surface area contributed by atoms with Gasteiger partial charge in [-0.1, -0.05) is 18.2 Å². The zero-order valence-corrected chi connectivity index (χ0v) is 21.7. The van der Waals surface area contributed by atoms with Crippen LogP contribution in [0.1, 0.15) is 33.8 Å². The van der Waals surface area contributed by atoms with Crippen LogP contribution < -0.4 is 4.74 Å². The highest BCUT2D eigenvalue weighted by Crippen LogP contribution is 2.31. The number of halogens is 4. The third-order valence-electron chi connectivity index (χ3n) is 7.23. The molecular weight excluding hydrogens is 536 g/mol. The molecule has 2 aromatic heterocycles. The van der Waals surface area contributed by atoms with Crippen LogP contribution in [0.3, 0.4) is 0 Å². The minimum absolute atomic E-state index is 0.0958. The lowest BCUT2D eigenvalue weighted by Crippen LogP contribution is -2.28. The fourth-order valence-corrected chi connectivity index (χ4v) is 5.24. The quantitative estimate of drug-likeness (QED) is 0.214. The first-order valence-corrected chi connectivity index (χ1v) is 13.0. The molecule has 1 aliphatic heterocycles. The first-order valence-electron chi connectivity index (χ1n) is 13.0. The molecule has 1 unspecified atom stereocenters. The Balaban J connectivity index is 1.33. The van der Waals surface area contributed by atoms with Crippen LogP contribution in [-0.4, -0.2) is 44.8 Å². The van der Waals surface area contributed by atoms with E-state index in [2.05, 4.69) is 9.72 Å². The van der Waals surface area contributed by atoms with Crippen molar-refractivity contribution >= 4 is 16.9 Å². The second-order valence-corrected chi connectivity index (χ2v) is 9.95. The molecule has 1 aliphatic rings. The molecule has 0 saturated carbocycles. The van der Waals surface area contributed by atoms with Crippen LogP contribution in [0.25, 0.3) is 22.4 Å². The van der Waals surface area contributed by atoms with Crippen LogP contribution in [0.15, 0.2) is 91.3 Å². The van der Waals surface area contributed by atoms with Gasteiger partial charge < -0.3 is 14.2 Å². The van der Waals surface area contributed by atoms with Gasteiger partial charge in [-0.25, -0.2) is 9.37 Å². The molecule has 3 aromatic carbocycles. The van der Waals surface area contributed by atoms with E-state index in [4.69, 9.17) is 4.98 Å². The van der Waals surface area contributed by atoms with Gasteiger partial charge >= 0.3 is 6.36 Å². The number of rotatable bonds is 6. The van der Waals surface area contributed by atoms with Crippen molar-refractivity contribution in [2.75, 3.05) is 13.1 Å². The molecule has 0 spiro atoms. The molecule has 0 radical (unpaired) electrons. The number of fused-ring (bicyclic) bond motifs is 1. The van der Waals surface area contributed by atoms with Gasteiger partial charge in [-0.2, -0.15) is 0 Å². The Labute approximate surface area is 232 Å². The Morgan fingerprint density at radius 3 is 2.49 bits per heavy atom. The molecule has 0 bridgehead atoms. The lowest BCUT2D eigenvalue weighted by Gasteiger charge is -2.17. The monoisotopic (exact) mass is 560 g/mol. The van der Waals surface area contributed by atoms with E-state index in [9.17, 15) is 22.4 Å². The highest BCUT2D eigenvalue weighted by Gasteiger charge is 2.31. The third kappa shape index (κ3) is 5.77. The Morgan fingerprint density at radius 1 is 1.00 bits per heavy atom. The van der Waals surface area contributed by atoms with Crippen LogP contribution in [0, 0.1) is 5.82 Å². The number of alkyl halides is 3. The van der Waals surface area contributed by atoms with Crippen molar-refractivity contribution in [1.82, 2.24) is 19.4 Å². The van der Waals surface area contributed by atoms with E-state index < -0.39 is 6.36 Å². The maximum atomic E-state index is 13.5. The summed E-state index contributed by atoms with van der Waals surface area (Å²) >= 11 is 0. The lowest BCUT2D eigenvalue weighted by atomic mass is 10.0. The van der Waals surface area contributed by atoms with E-state index in [1.807, 2.05) is 33.9 Å². The average molecular weight is 561 g/mol. The first-order chi connectivity index (χ1) is 19.7. The number of pyridine rings is 1. The summed E-state index contributed by atoms with van der Waals surface area (Å²) < 4.78 is 57.4. The number of aromatic nitrogens is 3. The van der Waals surface area contributed by atoms with Crippen molar-refractivity contribution in [2.45, 2.75) is 25.2 Å². The third-order valence-corrected chi connectivity index (χ3v) is 7.23. The number of imidazole rings is 1. The summed E-state index contributed by atoms with van der Waals surface area (Å²) in [5.74, 6) is -0.0832. The summed E-state index contributed by atoms with van der Waals surface area (Å²) in [6, 6.07) is 20.7. The number of nitrogens with zero attached hydrogens (tertiary/aromatic N) is 4. The van der Waals surface area contributed by atoms with Gasteiger partial charge in [0.25, 0.3) is 5.91 Å². The van der Waals surface area contributed by atoms with Gasteiger partial charge in [-0.3, -0.25) is 9.78 Å². The second-order valence-electron chi connectivity index (χ2n) is 9.95. The van der Waals surface area contributed by atoms with E-state index in [0.29, 0.717) is 42.1 Å². The summed E-state index contributed by atoms with van der Waals surface area (Å²) in [6.45, 7) is 1.56. The summed E-state index contributed by atoms with van der Waals surface area (Å²) in [5, 5.41) is 0. The predicted molar refractivity (Wildman–Crippen MR) is 145 cm³/mol. The molecule has 3 heterocycles. The largest absolute Gasteiger partial charge is 0.573 e. The van der Waals surface area contributed by atoms with Crippen molar-refractivity contribution < 1.29 is 27.1 Å². The minimum atomic E-state index is -4.80. The Bertz CT molecular complexity index is 1680. The molecular formula is C31H24F4N4O2. The number of carbonyl (C=O) groups excluding carboxylic acids is 1. The van der Waals surface area contributed by atoms with Gasteiger partial charge in [0.1, 0.15) is 17.4 Å². The number of hydrogen-bond donors (Lipinski definition) is 0. The van der Waals surface area contributed by atoms with E-state index in [-0.39, 0.29) is 23.4 Å². The van der Waals surface area contributed by atoms with E-state index in [1.165, 1.54) is 36.4 Å². The Morgan fingerprint density at radius 2 is 1.78 bits per heavy atom. The van der Waals surface area contributed by atoms with Crippen molar-refractivity contribution in [3.63, 3.8) is 0 Å². The van der Waals surface area contributed by atoms with E-state index >= 15 is 0 Å². The van der Waals surface area contributed by atoms with Crippen LogP contribution in [-0.2, 0) is 6.54 Å². The predicted octanol–water partition coefficient (Wildman–Crippen LogP) is 6.81. The van der Waals surface area contributed by atoms with Crippen LogP contribution in [0.5, 0.6) is 5.75 Å². The van der Waals surface area contributed by atoms with Crippen LogP contribution in [0.4, 0.5) is 17.6 Å². The fourth-order valence-electron chi connectivity index (χ4n) is 5.24. The van der Waals surface area contributed by atoms with Gasteiger partial charge in [0, 0.05) is 49.1 Å². The molecule has 6 rings (SSSR count). The maximum absolute atomic E-state index is 13.5. The molecule has 6 nitrogen and oxygen atoms in total. The van der Waals surface area contributed by atoms with Crippen LogP contribution >= 0.6 is 0 Å². The molecule has 0 aliphatic carbocycles. The van der Waals surface area contributed by atoms with Crippen molar-refractivity contribution in [3.05, 3.63) is 114 Å². The van der Waals surface area contributed by atoms with E-state index in [1.54, 1.807) is 30.5 Å². The fraction of sp³-hybridized carbons (Fsp3) is 0.194. The Kier molecular flexibility index (Phi) is 6.90. The molecule has 5 aromatic rings. The molecule has 1 atom stereocenters. The van der Waals surface area contributed by atoms with Gasteiger partial charge in [0.05, 0.1) is 11.0 Å². The zero-order valence-electron chi connectivity index (χ0n) is 21.7. The van der Waals surface area contributed by atoms with Gasteiger partial charge in [0.2, 0.25) is 0 Å². The number of ether oxygens (including phenoxy) is 1. The topological polar surface area (TPSA) is 60.2 Å². The van der Waals surface area contributed by atoms with Gasteiger partial charge in [-0.05, 0) is 78.2 Å². The molecule has 1 amide bonds. The summed E-state index contributed by atoms with van der Waals surface area (Å²) in [7, 11) is 0. The maximum Gasteiger partial charge on any atom is 0.573 e. The minimum Gasteiger partial charge on any atom is -0.406 e. The van der Waals surface area contributed by atoms with Crippen molar-refractivity contribution in [1.29, 1.82) is 0 Å². The molecule has 10 heteroatoms. The number of benzene rings is 3. The summed E-state index contributed by atoms with van der Waals surface area (Å²) in [4.78, 5) is 24.2.